The van der Waals surface area contributed by atoms with Crippen LogP contribution in [-0.4, -0.2) is 37.4 Å². The van der Waals surface area contributed by atoms with Crippen LogP contribution < -0.4 is 10.1 Å². The zero-order valence-corrected chi connectivity index (χ0v) is 14.9. The molecule has 0 heterocycles. The maximum Gasteiger partial charge on any atom is 0.255 e. The molecule has 0 aliphatic carbocycles. The average molecular weight is 340 g/mol. The van der Waals surface area contributed by atoms with Crippen LogP contribution in [0, 0.1) is 0 Å². The molecule has 25 heavy (non-hydrogen) atoms. The maximum absolute atomic E-state index is 12.3. The molecular weight excluding hydrogens is 316 g/mol. The summed E-state index contributed by atoms with van der Waals surface area (Å²) in [4.78, 5) is 25.6. The van der Waals surface area contributed by atoms with E-state index in [-0.39, 0.29) is 11.8 Å². The number of benzene rings is 2. The molecule has 0 spiro atoms. The van der Waals surface area contributed by atoms with Gasteiger partial charge in [-0.15, -0.1) is 0 Å². The number of hydrogen-bond donors (Lipinski definition) is 1. The van der Waals surface area contributed by atoms with Gasteiger partial charge in [0.2, 0.25) is 5.91 Å². The van der Waals surface area contributed by atoms with Crippen LogP contribution in [0.25, 0.3) is 0 Å². The molecule has 0 saturated carbocycles. The fourth-order valence-corrected chi connectivity index (χ4v) is 2.35. The van der Waals surface area contributed by atoms with E-state index in [1.807, 2.05) is 31.2 Å². The number of ether oxygens (including phenoxy) is 1. The van der Waals surface area contributed by atoms with Crippen LogP contribution in [0.1, 0.15) is 29.3 Å². The Balaban J connectivity index is 1.98. The molecule has 2 amide bonds. The first kappa shape index (κ1) is 18.5. The van der Waals surface area contributed by atoms with Crippen molar-refractivity contribution in [2.75, 3.05) is 26.0 Å². The lowest BCUT2D eigenvalue weighted by Gasteiger charge is -2.11. The van der Waals surface area contributed by atoms with Crippen molar-refractivity contribution in [1.29, 1.82) is 0 Å². The molecule has 0 unspecified atom stereocenters. The minimum atomic E-state index is -0.176. The van der Waals surface area contributed by atoms with Crippen molar-refractivity contribution < 1.29 is 14.3 Å². The summed E-state index contributed by atoms with van der Waals surface area (Å²) in [7, 11) is 3.49. The number of hydrogen-bond acceptors (Lipinski definition) is 3. The standard InChI is InChI=1S/C20H24N2O3/c1-4-25-18-11-9-16(10-12-18)20(24)21-17-7-5-6-15(14-17)8-13-19(23)22(2)3/h5-7,9-12,14H,4,8,13H2,1-3H3,(H,21,24). The van der Waals surface area contributed by atoms with Gasteiger partial charge in [-0.25, -0.2) is 0 Å². The summed E-state index contributed by atoms with van der Waals surface area (Å²) in [5.41, 5.74) is 2.30. The predicted molar refractivity (Wildman–Crippen MR) is 99.0 cm³/mol. The van der Waals surface area contributed by atoms with Crippen molar-refractivity contribution in [1.82, 2.24) is 4.90 Å². The second-order valence-electron chi connectivity index (χ2n) is 5.90. The lowest BCUT2D eigenvalue weighted by Crippen LogP contribution is -2.21. The first-order valence-corrected chi connectivity index (χ1v) is 8.33. The molecule has 0 atom stereocenters. The third kappa shape index (κ3) is 5.64. The molecule has 0 radical (unpaired) electrons. The minimum Gasteiger partial charge on any atom is -0.494 e. The van der Waals surface area contributed by atoms with Gasteiger partial charge in [0, 0.05) is 31.8 Å². The second kappa shape index (κ2) is 8.87. The first-order chi connectivity index (χ1) is 12.0. The van der Waals surface area contributed by atoms with Crippen molar-refractivity contribution >= 4 is 17.5 Å². The third-order valence-electron chi connectivity index (χ3n) is 3.74. The number of carbonyl (C=O) groups is 2. The number of rotatable bonds is 7. The summed E-state index contributed by atoms with van der Waals surface area (Å²) >= 11 is 0. The number of nitrogens with zero attached hydrogens (tertiary/aromatic N) is 1. The van der Waals surface area contributed by atoms with Gasteiger partial charge < -0.3 is 15.0 Å². The molecule has 0 aromatic heterocycles. The Labute approximate surface area is 148 Å². The van der Waals surface area contributed by atoms with Gasteiger partial charge in [0.25, 0.3) is 5.91 Å². The summed E-state index contributed by atoms with van der Waals surface area (Å²) in [6.45, 7) is 2.51. The molecule has 0 aliphatic rings. The van der Waals surface area contributed by atoms with Crippen LogP contribution in [0.15, 0.2) is 48.5 Å². The van der Waals surface area contributed by atoms with Crippen LogP contribution in [0.3, 0.4) is 0 Å². The Hall–Kier alpha value is -2.82. The zero-order valence-electron chi connectivity index (χ0n) is 14.9. The van der Waals surface area contributed by atoms with Crippen molar-refractivity contribution in [3.05, 3.63) is 59.7 Å². The molecular formula is C20H24N2O3. The van der Waals surface area contributed by atoms with Crippen LogP contribution in [0.2, 0.25) is 0 Å². The maximum atomic E-state index is 12.3. The number of aryl methyl sites for hydroxylation is 1. The molecule has 0 fully saturated rings. The Bertz CT molecular complexity index is 724. The largest absolute Gasteiger partial charge is 0.494 e. The van der Waals surface area contributed by atoms with E-state index < -0.39 is 0 Å². The summed E-state index contributed by atoms with van der Waals surface area (Å²) in [6, 6.07) is 14.6. The fourth-order valence-electron chi connectivity index (χ4n) is 2.35. The Morgan fingerprint density at radius 3 is 2.44 bits per heavy atom. The van der Waals surface area contributed by atoms with Crippen molar-refractivity contribution in [2.24, 2.45) is 0 Å². The Morgan fingerprint density at radius 2 is 1.80 bits per heavy atom. The van der Waals surface area contributed by atoms with E-state index in [4.69, 9.17) is 4.74 Å². The van der Waals surface area contributed by atoms with Crippen LogP contribution in [0.4, 0.5) is 5.69 Å². The van der Waals surface area contributed by atoms with E-state index in [0.29, 0.717) is 30.7 Å². The Morgan fingerprint density at radius 1 is 1.08 bits per heavy atom. The number of amides is 2. The van der Waals surface area contributed by atoms with Gasteiger partial charge in [-0.3, -0.25) is 9.59 Å². The highest BCUT2D eigenvalue weighted by atomic mass is 16.5. The SMILES string of the molecule is CCOc1ccc(C(=O)Nc2cccc(CCC(=O)N(C)C)c2)cc1. The zero-order chi connectivity index (χ0) is 18.2. The normalized spacial score (nSPS) is 10.2. The van der Waals surface area contributed by atoms with Gasteiger partial charge in [0.1, 0.15) is 5.75 Å². The van der Waals surface area contributed by atoms with E-state index >= 15 is 0 Å². The van der Waals surface area contributed by atoms with Gasteiger partial charge in [-0.05, 0) is 55.3 Å². The molecule has 2 aromatic carbocycles. The summed E-state index contributed by atoms with van der Waals surface area (Å²) < 4.78 is 5.37. The van der Waals surface area contributed by atoms with E-state index in [1.165, 1.54) is 0 Å². The molecule has 0 saturated heterocycles. The smallest absolute Gasteiger partial charge is 0.255 e. The molecule has 2 rings (SSSR count). The van der Waals surface area contributed by atoms with Crippen molar-refractivity contribution in [3.63, 3.8) is 0 Å². The van der Waals surface area contributed by atoms with Gasteiger partial charge in [-0.1, -0.05) is 12.1 Å². The average Bonchev–Trinajstić information content (AvgIpc) is 2.60. The minimum absolute atomic E-state index is 0.0869. The third-order valence-corrected chi connectivity index (χ3v) is 3.74. The fraction of sp³-hybridized carbons (Fsp3) is 0.300. The lowest BCUT2D eigenvalue weighted by atomic mass is 10.1. The summed E-state index contributed by atoms with van der Waals surface area (Å²) in [5, 5.41) is 2.89. The molecule has 2 aromatic rings. The van der Waals surface area contributed by atoms with Crippen LogP contribution in [0.5, 0.6) is 5.75 Å². The highest BCUT2D eigenvalue weighted by Gasteiger charge is 2.08. The molecule has 5 heteroatoms. The molecule has 132 valence electrons. The van der Waals surface area contributed by atoms with Gasteiger partial charge >= 0.3 is 0 Å². The van der Waals surface area contributed by atoms with E-state index in [0.717, 1.165) is 11.3 Å². The predicted octanol–water partition coefficient (Wildman–Crippen LogP) is 3.36. The number of carbonyl (C=O) groups excluding carboxylic acids is 2. The highest BCUT2D eigenvalue weighted by molar-refractivity contribution is 6.04. The second-order valence-corrected chi connectivity index (χ2v) is 5.90. The molecule has 5 nitrogen and oxygen atoms in total. The van der Waals surface area contributed by atoms with E-state index in [1.54, 1.807) is 43.3 Å². The summed E-state index contributed by atoms with van der Waals surface area (Å²) in [6.07, 6.45) is 1.09. The monoisotopic (exact) mass is 340 g/mol. The number of anilines is 1. The quantitative estimate of drug-likeness (QED) is 0.841. The van der Waals surface area contributed by atoms with E-state index in [9.17, 15) is 9.59 Å². The topological polar surface area (TPSA) is 58.6 Å². The molecule has 0 bridgehead atoms. The van der Waals surface area contributed by atoms with Gasteiger partial charge in [0.05, 0.1) is 6.61 Å². The van der Waals surface area contributed by atoms with E-state index in [2.05, 4.69) is 5.32 Å². The van der Waals surface area contributed by atoms with Crippen LogP contribution >= 0.6 is 0 Å². The first-order valence-electron chi connectivity index (χ1n) is 8.33. The van der Waals surface area contributed by atoms with Crippen LogP contribution in [-0.2, 0) is 11.2 Å². The highest BCUT2D eigenvalue weighted by Crippen LogP contribution is 2.16. The molecule has 1 N–H and O–H groups in total. The van der Waals surface area contributed by atoms with Gasteiger partial charge in [0.15, 0.2) is 0 Å². The lowest BCUT2D eigenvalue weighted by molar-refractivity contribution is -0.128. The van der Waals surface area contributed by atoms with Gasteiger partial charge in [-0.2, -0.15) is 0 Å². The van der Waals surface area contributed by atoms with Crippen molar-refractivity contribution in [3.8, 4) is 5.75 Å². The number of nitrogens with one attached hydrogen (secondary N) is 1. The Kier molecular flexibility index (Phi) is 6.57. The summed E-state index contributed by atoms with van der Waals surface area (Å²) in [5.74, 6) is 0.653. The van der Waals surface area contributed by atoms with Crippen molar-refractivity contribution in [2.45, 2.75) is 19.8 Å². The molecule has 0 aliphatic heterocycles.